The first-order valence-electron chi connectivity index (χ1n) is 9.34. The molecule has 0 unspecified atom stereocenters. The van der Waals surface area contributed by atoms with Crippen LogP contribution in [0.1, 0.15) is 36.3 Å². The van der Waals surface area contributed by atoms with Gasteiger partial charge in [0, 0.05) is 23.9 Å². The topological polar surface area (TPSA) is 121 Å². The highest BCUT2D eigenvalue weighted by Gasteiger charge is 2.54. The van der Waals surface area contributed by atoms with E-state index in [1.165, 1.54) is 26.1 Å². The van der Waals surface area contributed by atoms with Crippen LogP contribution in [0.2, 0.25) is 5.02 Å². The summed E-state index contributed by atoms with van der Waals surface area (Å²) in [5.41, 5.74) is 0.276. The molecule has 1 spiro atoms. The lowest BCUT2D eigenvalue weighted by atomic mass is 9.84. The third kappa shape index (κ3) is 3.31. The number of ether oxygens (including phenoxy) is 1. The minimum absolute atomic E-state index is 0.0543. The minimum atomic E-state index is -3.60. The minimum Gasteiger partial charge on any atom is -0.493 e. The largest absolute Gasteiger partial charge is 0.493 e. The van der Waals surface area contributed by atoms with Crippen LogP contribution >= 0.6 is 11.6 Å². The number of benzene rings is 1. The number of nitrogens with one attached hydrogen (secondary N) is 3. The molecule has 1 atom stereocenters. The Bertz CT molecular complexity index is 1150. The van der Waals surface area contributed by atoms with Crippen LogP contribution in [0.3, 0.4) is 0 Å². The Morgan fingerprint density at radius 3 is 2.73 bits per heavy atom. The molecule has 1 amide bonds. The Morgan fingerprint density at radius 1 is 1.30 bits per heavy atom. The van der Waals surface area contributed by atoms with Crippen molar-refractivity contribution >= 4 is 38.9 Å². The fraction of sp³-hybridized carbons (Fsp3) is 0.350. The van der Waals surface area contributed by atoms with Gasteiger partial charge in [0.05, 0.1) is 22.9 Å². The van der Waals surface area contributed by atoms with Gasteiger partial charge in [0.1, 0.15) is 22.0 Å². The van der Waals surface area contributed by atoms with Crippen molar-refractivity contribution < 1.29 is 17.9 Å². The normalized spacial score (nSPS) is 23.8. The number of amidine groups is 1. The molecule has 30 heavy (non-hydrogen) atoms. The Labute approximate surface area is 179 Å². The van der Waals surface area contributed by atoms with E-state index in [1.807, 2.05) is 0 Å². The first kappa shape index (κ1) is 20.6. The second-order valence-corrected chi connectivity index (χ2v) is 11.0. The van der Waals surface area contributed by atoms with Crippen molar-refractivity contribution in [1.29, 1.82) is 5.41 Å². The number of fused-ring (bicyclic) bond motifs is 2. The lowest BCUT2D eigenvalue weighted by Gasteiger charge is -2.47. The van der Waals surface area contributed by atoms with Gasteiger partial charge in [-0.1, -0.05) is 11.6 Å². The number of halogens is 1. The molecule has 158 valence electrons. The van der Waals surface area contributed by atoms with Gasteiger partial charge in [-0.05, 0) is 44.2 Å². The molecule has 10 heteroatoms. The monoisotopic (exact) mass is 448 g/mol. The van der Waals surface area contributed by atoms with Crippen LogP contribution in [0.4, 0.5) is 5.69 Å². The highest BCUT2D eigenvalue weighted by Crippen LogP contribution is 2.43. The van der Waals surface area contributed by atoms with Crippen molar-refractivity contribution in [2.45, 2.75) is 30.6 Å². The lowest BCUT2D eigenvalue weighted by molar-refractivity contribution is 0.102. The van der Waals surface area contributed by atoms with Crippen molar-refractivity contribution in [3.63, 3.8) is 0 Å². The predicted molar refractivity (Wildman–Crippen MR) is 114 cm³/mol. The van der Waals surface area contributed by atoms with E-state index in [2.05, 4.69) is 15.6 Å². The Morgan fingerprint density at radius 2 is 2.07 bits per heavy atom. The molecule has 4 rings (SSSR count). The molecular formula is C20H21ClN4O4S. The Hall–Kier alpha value is -2.65. The molecule has 2 aromatic rings. The molecule has 2 aliphatic heterocycles. The summed E-state index contributed by atoms with van der Waals surface area (Å²) in [7, 11) is -3.60. The Kier molecular flexibility index (Phi) is 4.78. The highest BCUT2D eigenvalue weighted by atomic mass is 35.5. The van der Waals surface area contributed by atoms with Gasteiger partial charge in [-0.15, -0.1) is 0 Å². The van der Waals surface area contributed by atoms with E-state index in [4.69, 9.17) is 21.7 Å². The van der Waals surface area contributed by atoms with E-state index in [0.29, 0.717) is 35.1 Å². The summed E-state index contributed by atoms with van der Waals surface area (Å²) in [4.78, 5) is 16.5. The molecule has 2 aliphatic rings. The number of sulfone groups is 1. The number of pyridine rings is 1. The smallest absolute Gasteiger partial charge is 0.274 e. The van der Waals surface area contributed by atoms with Gasteiger partial charge in [0.15, 0.2) is 9.84 Å². The van der Waals surface area contributed by atoms with E-state index in [-0.39, 0.29) is 17.3 Å². The van der Waals surface area contributed by atoms with Gasteiger partial charge in [-0.25, -0.2) is 13.4 Å². The molecule has 0 aliphatic carbocycles. The number of aromatic nitrogens is 1. The van der Waals surface area contributed by atoms with Crippen LogP contribution in [-0.2, 0) is 15.4 Å². The molecule has 3 N–H and O–H groups in total. The predicted octanol–water partition coefficient (Wildman–Crippen LogP) is 2.74. The van der Waals surface area contributed by atoms with Crippen molar-refractivity contribution in [2.75, 3.05) is 17.7 Å². The Balaban J connectivity index is 1.69. The molecule has 0 bridgehead atoms. The summed E-state index contributed by atoms with van der Waals surface area (Å²) in [5, 5.41) is 14.7. The molecular weight excluding hydrogens is 428 g/mol. The zero-order chi connectivity index (χ0) is 21.7. The summed E-state index contributed by atoms with van der Waals surface area (Å²) in [5.74, 6) is -0.113. The summed E-state index contributed by atoms with van der Waals surface area (Å²) >= 11 is 5.81. The lowest BCUT2D eigenvalue weighted by Crippen LogP contribution is -2.65. The number of amides is 1. The molecule has 0 saturated carbocycles. The molecule has 8 nitrogen and oxygen atoms in total. The van der Waals surface area contributed by atoms with Gasteiger partial charge in [0.2, 0.25) is 0 Å². The maximum Gasteiger partial charge on any atom is 0.274 e. The van der Waals surface area contributed by atoms with E-state index in [9.17, 15) is 13.2 Å². The second-order valence-electron chi connectivity index (χ2n) is 7.98. The third-order valence-corrected chi connectivity index (χ3v) is 8.54. The van der Waals surface area contributed by atoms with Gasteiger partial charge in [-0.2, -0.15) is 0 Å². The van der Waals surface area contributed by atoms with Crippen molar-refractivity contribution in [3.05, 3.63) is 52.8 Å². The van der Waals surface area contributed by atoms with E-state index >= 15 is 0 Å². The van der Waals surface area contributed by atoms with Crippen LogP contribution in [-0.4, -0.2) is 42.3 Å². The second kappa shape index (κ2) is 6.95. The van der Waals surface area contributed by atoms with Crippen LogP contribution in [0.25, 0.3) is 0 Å². The number of nitrogens with zero attached hydrogens (tertiary/aromatic N) is 1. The van der Waals surface area contributed by atoms with E-state index in [0.717, 1.165) is 0 Å². The van der Waals surface area contributed by atoms with Gasteiger partial charge < -0.3 is 15.4 Å². The number of hydrogen-bond acceptors (Lipinski definition) is 6. The number of carbonyl (C=O) groups excluding carboxylic acids is 1. The van der Waals surface area contributed by atoms with Crippen molar-refractivity contribution in [3.8, 4) is 5.75 Å². The number of carbonyl (C=O) groups is 1. The van der Waals surface area contributed by atoms with Crippen LogP contribution in [0.15, 0.2) is 36.5 Å². The first-order valence-corrected chi connectivity index (χ1v) is 11.4. The van der Waals surface area contributed by atoms with Crippen molar-refractivity contribution in [1.82, 2.24) is 10.3 Å². The van der Waals surface area contributed by atoms with Crippen LogP contribution < -0.4 is 15.4 Å². The van der Waals surface area contributed by atoms with Crippen LogP contribution in [0, 0.1) is 5.41 Å². The zero-order valence-corrected chi connectivity index (χ0v) is 18.0. The average molecular weight is 449 g/mol. The number of rotatable bonds is 2. The van der Waals surface area contributed by atoms with Gasteiger partial charge in [0.25, 0.3) is 5.91 Å². The summed E-state index contributed by atoms with van der Waals surface area (Å²) in [6.45, 7) is 3.38. The molecule has 1 aromatic carbocycles. The van der Waals surface area contributed by atoms with Gasteiger partial charge >= 0.3 is 0 Å². The molecule has 1 saturated heterocycles. The average Bonchev–Trinajstić information content (AvgIpc) is 2.67. The molecule has 1 aromatic heterocycles. The SMILES string of the molecule is CC1(C)C(=N)N[C@@]2(CCOc3ccc(NC(=O)c4ccc(Cl)cn4)cc32)CS1(=O)=O. The quantitative estimate of drug-likeness (QED) is 0.649. The first-order chi connectivity index (χ1) is 14.0. The van der Waals surface area contributed by atoms with Crippen molar-refractivity contribution in [2.24, 2.45) is 0 Å². The maximum atomic E-state index is 13.0. The fourth-order valence-electron chi connectivity index (χ4n) is 3.65. The molecule has 1 fully saturated rings. The maximum absolute atomic E-state index is 13.0. The molecule has 3 heterocycles. The standard InChI is InChI=1S/C20H21ClN4O4S/c1-19(2)18(22)25-20(11-30(19,27)28)7-8-29-16-6-4-13(9-14(16)20)24-17(26)15-5-3-12(21)10-23-15/h3-6,9-10H,7-8,11H2,1-2H3,(H2,22,25)(H,24,26)/t20-/m0/s1. The summed E-state index contributed by atoms with van der Waals surface area (Å²) in [6.07, 6.45) is 1.77. The van der Waals surface area contributed by atoms with E-state index < -0.39 is 26.0 Å². The molecule has 0 radical (unpaired) electrons. The summed E-state index contributed by atoms with van der Waals surface area (Å²) in [6, 6.07) is 8.15. The number of hydrogen-bond donors (Lipinski definition) is 3. The van der Waals surface area contributed by atoms with Crippen LogP contribution in [0.5, 0.6) is 5.75 Å². The summed E-state index contributed by atoms with van der Waals surface area (Å²) < 4.78 is 30.4. The van der Waals surface area contributed by atoms with E-state index in [1.54, 1.807) is 24.3 Å². The zero-order valence-electron chi connectivity index (χ0n) is 16.5. The fourth-order valence-corrected chi connectivity index (χ4v) is 5.50. The highest BCUT2D eigenvalue weighted by molar-refractivity contribution is 7.93. The third-order valence-electron chi connectivity index (χ3n) is 5.68. The van der Waals surface area contributed by atoms with Gasteiger partial charge in [-0.3, -0.25) is 10.2 Å². The number of anilines is 1.